The predicted molar refractivity (Wildman–Crippen MR) is 341 cm³/mol. The molecule has 14 nitrogen and oxygen atoms in total. The Balaban J connectivity index is 1.68. The van der Waals surface area contributed by atoms with Crippen molar-refractivity contribution >= 4 is 5.91 Å². The number of allylic oxidation sites excluding steroid dienone is 9. The highest BCUT2D eigenvalue weighted by atomic mass is 16.7. The van der Waals surface area contributed by atoms with Gasteiger partial charge < -0.3 is 65.1 Å². The van der Waals surface area contributed by atoms with Crippen LogP contribution in [0.5, 0.6) is 0 Å². The largest absolute Gasteiger partial charge is 0.394 e. The number of rotatable bonds is 56. The monoisotopic (exact) mass is 1190 g/mol. The Morgan fingerprint density at radius 1 is 0.429 bits per heavy atom. The Kier molecular flexibility index (Phi) is 50.8. The molecule has 2 fully saturated rings. The van der Waals surface area contributed by atoms with Crippen LogP contribution in [0.1, 0.15) is 284 Å². The van der Waals surface area contributed by atoms with Crippen LogP contribution in [-0.4, -0.2) is 140 Å². The van der Waals surface area contributed by atoms with Gasteiger partial charge in [0.05, 0.1) is 32.0 Å². The zero-order chi connectivity index (χ0) is 60.9. The molecule has 1 amide bonds. The summed E-state index contributed by atoms with van der Waals surface area (Å²) in [5.74, 6) is -0.250. The van der Waals surface area contributed by atoms with Crippen molar-refractivity contribution in [3.8, 4) is 0 Å². The van der Waals surface area contributed by atoms with Crippen molar-refractivity contribution in [1.29, 1.82) is 0 Å². The Hall–Kier alpha value is -2.31. The van der Waals surface area contributed by atoms with E-state index in [0.717, 1.165) is 51.4 Å². The first-order valence-electron chi connectivity index (χ1n) is 34.5. The molecule has 0 saturated carbocycles. The van der Waals surface area contributed by atoms with Crippen molar-refractivity contribution in [2.24, 2.45) is 0 Å². The highest BCUT2D eigenvalue weighted by Crippen LogP contribution is 2.30. The van der Waals surface area contributed by atoms with E-state index in [2.05, 4.69) is 67.8 Å². The zero-order valence-corrected chi connectivity index (χ0v) is 53.1. The molecule has 2 aliphatic heterocycles. The number of amides is 1. The average Bonchev–Trinajstić information content (AvgIpc) is 3.18. The summed E-state index contributed by atoms with van der Waals surface area (Å²) in [5, 5.41) is 87.3. The Labute approximate surface area is 511 Å². The van der Waals surface area contributed by atoms with Crippen LogP contribution in [0.15, 0.2) is 60.8 Å². The van der Waals surface area contributed by atoms with Crippen LogP contribution < -0.4 is 5.32 Å². The third-order valence-corrected chi connectivity index (χ3v) is 16.7. The van der Waals surface area contributed by atoms with Gasteiger partial charge in [0.25, 0.3) is 0 Å². The number of carbonyl (C=O) groups excluding carboxylic acids is 1. The lowest BCUT2D eigenvalue weighted by Gasteiger charge is -2.46. The highest BCUT2D eigenvalue weighted by molar-refractivity contribution is 5.76. The first-order valence-corrected chi connectivity index (χ1v) is 34.5. The summed E-state index contributed by atoms with van der Waals surface area (Å²) in [6, 6.07) is -0.939. The smallest absolute Gasteiger partial charge is 0.220 e. The number of carbonyl (C=O) groups is 1. The fourth-order valence-electron chi connectivity index (χ4n) is 11.1. The minimum atomic E-state index is -1.79. The molecular formula is C70H127NO13. The minimum Gasteiger partial charge on any atom is -0.394 e. The van der Waals surface area contributed by atoms with Gasteiger partial charge in [0.2, 0.25) is 5.91 Å². The summed E-state index contributed by atoms with van der Waals surface area (Å²) in [6.45, 7) is 2.79. The molecular weight excluding hydrogens is 1060 g/mol. The number of hydrogen-bond acceptors (Lipinski definition) is 13. The van der Waals surface area contributed by atoms with Crippen molar-refractivity contribution in [1.82, 2.24) is 5.32 Å². The van der Waals surface area contributed by atoms with E-state index in [4.69, 9.17) is 18.9 Å². The van der Waals surface area contributed by atoms with E-state index in [1.54, 1.807) is 6.08 Å². The third-order valence-electron chi connectivity index (χ3n) is 16.7. The molecule has 12 atom stereocenters. The summed E-state index contributed by atoms with van der Waals surface area (Å²) in [4.78, 5) is 13.3. The lowest BCUT2D eigenvalue weighted by Crippen LogP contribution is -2.65. The first kappa shape index (κ1) is 77.8. The summed E-state index contributed by atoms with van der Waals surface area (Å²) in [7, 11) is 0. The quantitative estimate of drug-likeness (QED) is 0.0204. The number of unbranched alkanes of at least 4 members (excludes halogenated alkanes) is 35. The van der Waals surface area contributed by atoms with Crippen LogP contribution in [-0.2, 0) is 23.7 Å². The van der Waals surface area contributed by atoms with Crippen LogP contribution in [0.25, 0.3) is 0 Å². The van der Waals surface area contributed by atoms with Crippen molar-refractivity contribution < 1.29 is 64.6 Å². The van der Waals surface area contributed by atoms with Crippen molar-refractivity contribution in [2.75, 3.05) is 19.8 Å². The minimum absolute atomic E-state index is 0.250. The highest BCUT2D eigenvalue weighted by Gasteiger charge is 2.51. The van der Waals surface area contributed by atoms with Gasteiger partial charge in [0, 0.05) is 6.42 Å². The van der Waals surface area contributed by atoms with Gasteiger partial charge in [-0.1, -0.05) is 261 Å². The molecule has 0 spiro atoms. The van der Waals surface area contributed by atoms with Crippen LogP contribution >= 0.6 is 0 Å². The molecule has 2 heterocycles. The molecule has 0 aliphatic carbocycles. The second-order valence-corrected chi connectivity index (χ2v) is 24.3. The fraction of sp³-hybridized carbons (Fsp3) is 0.843. The van der Waals surface area contributed by atoms with Crippen molar-refractivity contribution in [3.05, 3.63) is 60.8 Å². The van der Waals surface area contributed by atoms with Crippen LogP contribution in [0, 0.1) is 0 Å². The van der Waals surface area contributed by atoms with Gasteiger partial charge in [-0.15, -0.1) is 0 Å². The third kappa shape index (κ3) is 38.9. The van der Waals surface area contributed by atoms with Gasteiger partial charge in [0.15, 0.2) is 12.6 Å². The zero-order valence-electron chi connectivity index (χ0n) is 53.1. The maximum Gasteiger partial charge on any atom is 0.220 e. The lowest BCUT2D eigenvalue weighted by atomic mass is 9.97. The molecule has 14 heteroatoms. The van der Waals surface area contributed by atoms with Gasteiger partial charge in [-0.05, 0) is 77.0 Å². The maximum atomic E-state index is 13.3. The Morgan fingerprint density at radius 3 is 1.24 bits per heavy atom. The van der Waals surface area contributed by atoms with Gasteiger partial charge >= 0.3 is 0 Å². The summed E-state index contributed by atoms with van der Waals surface area (Å²) in [6.07, 6.45) is 55.6. The van der Waals surface area contributed by atoms with Crippen molar-refractivity contribution in [3.63, 3.8) is 0 Å². The maximum absolute atomic E-state index is 13.3. The van der Waals surface area contributed by atoms with Gasteiger partial charge in [-0.2, -0.15) is 0 Å². The van der Waals surface area contributed by atoms with Gasteiger partial charge in [-0.3, -0.25) is 4.79 Å². The molecule has 490 valence electrons. The van der Waals surface area contributed by atoms with Crippen LogP contribution in [0.3, 0.4) is 0 Å². The molecule has 2 rings (SSSR count). The SMILES string of the molecule is CCCCCCC/C=C\C/C=C\CCCCCCCCCCCCCCCCCCCCCC(=O)NC(COC1OC(CO)C(OC2OC(CO)C(O)C(O)C2O)C(O)C1O)C(O)/C=C/CC/C=C/CC/C=C/CCCCCCCCCCC. The molecule has 2 aliphatic rings. The van der Waals surface area contributed by atoms with E-state index >= 15 is 0 Å². The number of aliphatic hydroxyl groups is 8. The second kappa shape index (κ2) is 54.8. The van der Waals surface area contributed by atoms with E-state index in [1.165, 1.54) is 199 Å². The Bertz CT molecular complexity index is 1640. The molecule has 84 heavy (non-hydrogen) atoms. The molecule has 0 bridgehead atoms. The number of nitrogens with one attached hydrogen (secondary N) is 1. The molecule has 2 saturated heterocycles. The average molecular weight is 1190 g/mol. The predicted octanol–water partition coefficient (Wildman–Crippen LogP) is 13.7. The van der Waals surface area contributed by atoms with E-state index in [9.17, 15) is 45.6 Å². The van der Waals surface area contributed by atoms with Crippen LogP contribution in [0.4, 0.5) is 0 Å². The summed E-state index contributed by atoms with van der Waals surface area (Å²) >= 11 is 0. The molecule has 0 radical (unpaired) electrons. The summed E-state index contributed by atoms with van der Waals surface area (Å²) < 4.78 is 22.8. The Morgan fingerprint density at radius 2 is 0.798 bits per heavy atom. The van der Waals surface area contributed by atoms with Crippen molar-refractivity contribution in [2.45, 2.75) is 357 Å². The second-order valence-electron chi connectivity index (χ2n) is 24.3. The standard InChI is InChI=1S/C70H127NO13/c1-3-5-7-9-11-13-15-17-19-21-23-24-25-26-27-28-29-30-31-32-33-34-36-38-40-42-44-46-48-50-52-54-62(75)71-58(59(74)53-51-49-47-45-43-41-39-37-35-22-20-18-16-14-12-10-8-6-4-2)57-81-69-67(80)65(78)68(61(56-73)83-69)84-70-66(79)64(77)63(76)60(55-72)82-70/h15,17,21,23,35,37,43,45,51,53,58-61,63-70,72-74,76-80H,3-14,16,18-20,22,24-34,36,38-42,44,46-50,52,54-57H2,1-2H3,(H,71,75)/b17-15-,23-21-,37-35+,45-43+,53-51+. The van der Waals surface area contributed by atoms with Gasteiger partial charge in [-0.25, -0.2) is 0 Å². The van der Waals surface area contributed by atoms with Gasteiger partial charge in [0.1, 0.15) is 48.8 Å². The topological polar surface area (TPSA) is 228 Å². The molecule has 9 N–H and O–H groups in total. The number of ether oxygens (including phenoxy) is 4. The van der Waals surface area contributed by atoms with Crippen LogP contribution in [0.2, 0.25) is 0 Å². The lowest BCUT2D eigenvalue weighted by molar-refractivity contribution is -0.359. The molecule has 12 unspecified atom stereocenters. The van der Waals surface area contributed by atoms with E-state index in [0.29, 0.717) is 12.8 Å². The fourth-order valence-corrected chi connectivity index (χ4v) is 11.1. The van der Waals surface area contributed by atoms with E-state index in [-0.39, 0.29) is 18.9 Å². The normalized spacial score (nSPS) is 24.0. The first-order chi connectivity index (χ1) is 41.1. The number of aliphatic hydroxyl groups excluding tert-OH is 8. The summed E-state index contributed by atoms with van der Waals surface area (Å²) in [5.41, 5.74) is 0. The molecule has 0 aromatic carbocycles. The number of hydrogen-bond donors (Lipinski definition) is 9. The molecule has 0 aromatic heterocycles. The van der Waals surface area contributed by atoms with E-state index < -0.39 is 86.8 Å². The van der Waals surface area contributed by atoms with E-state index in [1.807, 2.05) is 6.08 Å². The molecule has 0 aromatic rings.